The Labute approximate surface area is 233 Å². The van der Waals surface area contributed by atoms with Crippen molar-refractivity contribution in [3.05, 3.63) is 91.9 Å². The maximum atomic E-state index is 13.3. The Bertz CT molecular complexity index is 1580. The van der Waals surface area contributed by atoms with Gasteiger partial charge in [0.1, 0.15) is 5.82 Å². The third-order valence-electron chi connectivity index (χ3n) is 5.48. The molecule has 10 heteroatoms. The first-order chi connectivity index (χ1) is 18.0. The van der Waals surface area contributed by atoms with E-state index >= 15 is 0 Å². The molecule has 38 heavy (non-hydrogen) atoms. The van der Waals surface area contributed by atoms with Crippen molar-refractivity contribution in [1.82, 2.24) is 9.66 Å². The van der Waals surface area contributed by atoms with E-state index in [9.17, 15) is 9.59 Å². The highest BCUT2D eigenvalue weighted by Crippen LogP contribution is 2.28. The molecule has 0 aliphatic carbocycles. The lowest BCUT2D eigenvalue weighted by atomic mass is 9.95. The van der Waals surface area contributed by atoms with Crippen LogP contribution in [0.4, 0.5) is 5.69 Å². The van der Waals surface area contributed by atoms with Crippen molar-refractivity contribution in [1.29, 1.82) is 0 Å². The Morgan fingerprint density at radius 3 is 2.53 bits per heavy atom. The smallest absolute Gasteiger partial charge is 0.282 e. The molecule has 0 spiro atoms. The van der Waals surface area contributed by atoms with Gasteiger partial charge in [-0.2, -0.15) is 9.78 Å². The predicted octanol–water partition coefficient (Wildman–Crippen LogP) is 6.02. The van der Waals surface area contributed by atoms with E-state index < -0.39 is 5.41 Å². The summed E-state index contributed by atoms with van der Waals surface area (Å²) in [5.41, 5.74) is 1.19. The third-order valence-corrected chi connectivity index (χ3v) is 6.22. The van der Waals surface area contributed by atoms with E-state index in [0.29, 0.717) is 44.5 Å². The fourth-order valence-electron chi connectivity index (χ4n) is 3.62. The minimum absolute atomic E-state index is 0.213. The van der Waals surface area contributed by atoms with E-state index in [1.54, 1.807) is 54.7 Å². The van der Waals surface area contributed by atoms with Crippen LogP contribution >= 0.6 is 27.5 Å². The molecule has 3 aromatic carbocycles. The number of anilines is 1. The van der Waals surface area contributed by atoms with Crippen LogP contribution < -0.4 is 20.3 Å². The molecule has 4 rings (SSSR count). The first-order valence-corrected chi connectivity index (χ1v) is 12.9. The summed E-state index contributed by atoms with van der Waals surface area (Å²) in [5, 5.41) is 8.27. The molecule has 8 nitrogen and oxygen atoms in total. The van der Waals surface area contributed by atoms with Crippen LogP contribution in [0.3, 0.4) is 0 Å². The monoisotopic (exact) mass is 596 g/mol. The summed E-state index contributed by atoms with van der Waals surface area (Å²) >= 11 is 9.29. The topological polar surface area (TPSA) is 94.8 Å². The van der Waals surface area contributed by atoms with Gasteiger partial charge in [0.15, 0.2) is 18.1 Å². The van der Waals surface area contributed by atoms with Gasteiger partial charge >= 0.3 is 0 Å². The van der Waals surface area contributed by atoms with Gasteiger partial charge in [0.2, 0.25) is 0 Å². The van der Waals surface area contributed by atoms with Crippen LogP contribution in [0, 0.1) is 0 Å². The van der Waals surface area contributed by atoms with Crippen molar-refractivity contribution in [3.8, 4) is 11.5 Å². The van der Waals surface area contributed by atoms with Gasteiger partial charge in [-0.05, 0) is 66.2 Å². The van der Waals surface area contributed by atoms with Crippen molar-refractivity contribution < 1.29 is 14.3 Å². The lowest BCUT2D eigenvalue weighted by Crippen LogP contribution is -2.29. The number of hydrogen-bond donors (Lipinski definition) is 1. The highest BCUT2D eigenvalue weighted by atomic mass is 79.9. The number of ether oxygens (including phenoxy) is 2. The molecule has 0 unspecified atom stereocenters. The van der Waals surface area contributed by atoms with Crippen molar-refractivity contribution in [2.75, 3.05) is 19.0 Å². The normalized spacial score (nSPS) is 11.6. The number of nitrogens with zero attached hydrogens (tertiary/aromatic N) is 3. The quantitative estimate of drug-likeness (QED) is 0.263. The van der Waals surface area contributed by atoms with Crippen molar-refractivity contribution >= 4 is 56.2 Å². The molecule has 0 bridgehead atoms. The summed E-state index contributed by atoms with van der Waals surface area (Å²) in [5.74, 6) is 1.01. The third kappa shape index (κ3) is 6.41. The van der Waals surface area contributed by atoms with Crippen molar-refractivity contribution in [2.45, 2.75) is 26.2 Å². The number of methoxy groups -OCH3 is 1. The molecule has 1 N–H and O–H groups in total. The maximum absolute atomic E-state index is 13.3. The lowest BCUT2D eigenvalue weighted by molar-refractivity contribution is -0.118. The number of carbonyl (C=O) groups excluding carboxylic acids is 1. The van der Waals surface area contributed by atoms with Crippen molar-refractivity contribution in [2.24, 2.45) is 5.10 Å². The van der Waals surface area contributed by atoms with Gasteiger partial charge in [-0.25, -0.2) is 4.98 Å². The van der Waals surface area contributed by atoms with Crippen LogP contribution in [0.2, 0.25) is 5.02 Å². The predicted molar refractivity (Wildman–Crippen MR) is 154 cm³/mol. The van der Waals surface area contributed by atoms with E-state index in [-0.39, 0.29) is 18.1 Å². The molecule has 0 atom stereocenters. The molecule has 0 fully saturated rings. The van der Waals surface area contributed by atoms with Gasteiger partial charge in [-0.1, -0.05) is 48.3 Å². The zero-order chi connectivity index (χ0) is 27.4. The number of carbonyl (C=O) groups is 1. The molecule has 0 radical (unpaired) electrons. The Hall–Kier alpha value is -3.69. The average molecular weight is 598 g/mol. The lowest BCUT2D eigenvalue weighted by Gasteiger charge is -2.20. The number of rotatable bonds is 7. The summed E-state index contributed by atoms with van der Waals surface area (Å²) < 4.78 is 13.2. The number of amides is 1. The van der Waals surface area contributed by atoms with Crippen LogP contribution in [-0.4, -0.2) is 35.5 Å². The molecule has 196 valence electrons. The molecule has 0 saturated carbocycles. The van der Waals surface area contributed by atoms with Gasteiger partial charge in [0.05, 0.1) is 24.2 Å². The second-order valence-corrected chi connectivity index (χ2v) is 10.8. The SMILES string of the molecule is COc1cc(C=Nn2c(C(C)(C)C)nc3ccc(Br)cc3c2=O)ccc1OCC(=O)Nc1ccc(Cl)cc1. The Morgan fingerprint density at radius 1 is 1.11 bits per heavy atom. The van der Waals surface area contributed by atoms with Gasteiger partial charge in [0.25, 0.3) is 11.5 Å². The molecule has 0 saturated heterocycles. The van der Waals surface area contributed by atoms with Crippen LogP contribution in [0.15, 0.2) is 75.0 Å². The molecular formula is C28H26BrClN4O4. The highest BCUT2D eigenvalue weighted by molar-refractivity contribution is 9.10. The standard InChI is InChI=1S/C28H26BrClN4O4/c1-28(2,3)27-33-22-11-6-18(29)14-21(22)26(36)34(27)31-15-17-5-12-23(24(13-17)37-4)38-16-25(35)32-20-9-7-19(30)8-10-20/h5-15H,16H2,1-4H3,(H,32,35). The van der Waals surface area contributed by atoms with E-state index in [1.807, 2.05) is 32.9 Å². The van der Waals surface area contributed by atoms with Gasteiger partial charge in [-0.3, -0.25) is 9.59 Å². The van der Waals surface area contributed by atoms with Crippen LogP contribution in [0.25, 0.3) is 10.9 Å². The minimum Gasteiger partial charge on any atom is -0.493 e. The van der Waals surface area contributed by atoms with Crippen molar-refractivity contribution in [3.63, 3.8) is 0 Å². The minimum atomic E-state index is -0.431. The molecule has 1 heterocycles. The second kappa shape index (κ2) is 11.4. The Morgan fingerprint density at radius 2 is 1.84 bits per heavy atom. The first kappa shape index (κ1) is 27.3. The maximum Gasteiger partial charge on any atom is 0.282 e. The fourth-order valence-corrected chi connectivity index (χ4v) is 4.11. The number of aromatic nitrogens is 2. The summed E-state index contributed by atoms with van der Waals surface area (Å²) in [6.07, 6.45) is 1.56. The summed E-state index contributed by atoms with van der Waals surface area (Å²) in [6, 6.07) is 17.3. The van der Waals surface area contributed by atoms with Gasteiger partial charge in [-0.15, -0.1) is 0 Å². The number of nitrogens with one attached hydrogen (secondary N) is 1. The van der Waals surface area contributed by atoms with Gasteiger partial charge < -0.3 is 14.8 Å². The number of benzene rings is 3. The number of halogens is 2. The van der Waals surface area contributed by atoms with Crippen LogP contribution in [0.5, 0.6) is 11.5 Å². The Kier molecular flexibility index (Phi) is 8.18. The number of hydrogen-bond acceptors (Lipinski definition) is 6. The zero-order valence-electron chi connectivity index (χ0n) is 21.3. The van der Waals surface area contributed by atoms with E-state index in [2.05, 4.69) is 26.3 Å². The highest BCUT2D eigenvalue weighted by Gasteiger charge is 2.23. The first-order valence-electron chi connectivity index (χ1n) is 11.7. The van der Waals surface area contributed by atoms with E-state index in [4.69, 9.17) is 26.1 Å². The molecule has 4 aromatic rings. The van der Waals surface area contributed by atoms with E-state index in [0.717, 1.165) is 4.47 Å². The molecule has 1 aromatic heterocycles. The molecular weight excluding hydrogens is 572 g/mol. The van der Waals surface area contributed by atoms with Gasteiger partial charge in [0, 0.05) is 20.6 Å². The van der Waals surface area contributed by atoms with E-state index in [1.165, 1.54) is 11.8 Å². The fraction of sp³-hybridized carbons (Fsp3) is 0.214. The average Bonchev–Trinajstić information content (AvgIpc) is 2.88. The summed E-state index contributed by atoms with van der Waals surface area (Å²) in [4.78, 5) is 30.3. The summed E-state index contributed by atoms with van der Waals surface area (Å²) in [6.45, 7) is 5.71. The second-order valence-electron chi connectivity index (χ2n) is 9.46. The largest absolute Gasteiger partial charge is 0.493 e. The zero-order valence-corrected chi connectivity index (χ0v) is 23.6. The van der Waals surface area contributed by atoms with Crippen LogP contribution in [-0.2, 0) is 10.2 Å². The molecule has 0 aliphatic rings. The van der Waals surface area contributed by atoms with Crippen LogP contribution in [0.1, 0.15) is 32.2 Å². The Balaban J connectivity index is 1.56. The molecule has 0 aliphatic heterocycles. The number of fused-ring (bicyclic) bond motifs is 1. The molecule has 1 amide bonds. The summed E-state index contributed by atoms with van der Waals surface area (Å²) in [7, 11) is 1.50.